The first-order chi connectivity index (χ1) is 8.08. The standard InChI is InChI=1S/C11H10BrN3OS/c1-6-4-9(14-5-7(6)12)15-11(16)10-8(13)2-3-17-10/h2-5H,13H2,1H3,(H,14,15,16). The molecule has 17 heavy (non-hydrogen) atoms. The lowest BCUT2D eigenvalue weighted by Gasteiger charge is -2.05. The third-order valence-corrected chi connectivity index (χ3v) is 3.95. The molecule has 0 aliphatic carbocycles. The molecule has 0 radical (unpaired) electrons. The molecule has 0 spiro atoms. The Morgan fingerprint density at radius 1 is 1.59 bits per heavy atom. The van der Waals surface area contributed by atoms with E-state index in [2.05, 4.69) is 26.2 Å². The summed E-state index contributed by atoms with van der Waals surface area (Å²) in [6, 6.07) is 3.51. The number of rotatable bonds is 2. The lowest BCUT2D eigenvalue weighted by molar-refractivity contribution is 0.103. The number of aromatic nitrogens is 1. The number of nitrogens with zero attached hydrogens (tertiary/aromatic N) is 1. The van der Waals surface area contributed by atoms with E-state index in [1.165, 1.54) is 11.3 Å². The minimum absolute atomic E-state index is 0.230. The van der Waals surface area contributed by atoms with Gasteiger partial charge in [0.15, 0.2) is 0 Å². The van der Waals surface area contributed by atoms with Gasteiger partial charge in [0.05, 0.1) is 5.69 Å². The molecule has 0 unspecified atom stereocenters. The van der Waals surface area contributed by atoms with Crippen molar-refractivity contribution in [2.45, 2.75) is 6.92 Å². The van der Waals surface area contributed by atoms with Gasteiger partial charge in [0.2, 0.25) is 0 Å². The maximum atomic E-state index is 11.9. The van der Waals surface area contributed by atoms with Gasteiger partial charge in [-0.05, 0) is 45.9 Å². The Balaban J connectivity index is 2.19. The van der Waals surface area contributed by atoms with Crippen LogP contribution in [0.4, 0.5) is 11.5 Å². The zero-order chi connectivity index (χ0) is 12.4. The Hall–Kier alpha value is -1.40. The third kappa shape index (κ3) is 2.65. The summed E-state index contributed by atoms with van der Waals surface area (Å²) in [5.74, 6) is 0.287. The molecule has 0 bridgehead atoms. The Bertz CT molecular complexity index is 568. The number of thiophene rings is 1. The molecule has 2 heterocycles. The fourth-order valence-electron chi connectivity index (χ4n) is 1.28. The predicted octanol–water partition coefficient (Wildman–Crippen LogP) is 3.05. The summed E-state index contributed by atoms with van der Waals surface area (Å²) < 4.78 is 0.908. The Kier molecular flexibility index (Phi) is 3.44. The van der Waals surface area contributed by atoms with Crippen molar-refractivity contribution in [2.24, 2.45) is 0 Å². The number of aryl methyl sites for hydroxylation is 1. The van der Waals surface area contributed by atoms with Crippen molar-refractivity contribution in [1.29, 1.82) is 0 Å². The van der Waals surface area contributed by atoms with E-state index < -0.39 is 0 Å². The van der Waals surface area contributed by atoms with E-state index >= 15 is 0 Å². The van der Waals surface area contributed by atoms with Crippen molar-refractivity contribution in [1.82, 2.24) is 4.98 Å². The minimum atomic E-state index is -0.230. The number of carbonyl (C=O) groups is 1. The van der Waals surface area contributed by atoms with Gasteiger partial charge >= 0.3 is 0 Å². The fourth-order valence-corrected chi connectivity index (χ4v) is 2.21. The molecule has 1 amide bonds. The number of anilines is 2. The summed E-state index contributed by atoms with van der Waals surface area (Å²) in [5, 5.41) is 4.49. The van der Waals surface area contributed by atoms with E-state index in [9.17, 15) is 4.79 Å². The molecule has 2 aromatic heterocycles. The van der Waals surface area contributed by atoms with E-state index in [1.807, 2.05) is 6.92 Å². The summed E-state index contributed by atoms with van der Waals surface area (Å²) in [4.78, 5) is 16.5. The summed E-state index contributed by atoms with van der Waals surface area (Å²) in [5.41, 5.74) is 7.17. The summed E-state index contributed by atoms with van der Waals surface area (Å²) in [7, 11) is 0. The summed E-state index contributed by atoms with van der Waals surface area (Å²) in [6.45, 7) is 1.93. The average molecular weight is 312 g/mol. The minimum Gasteiger partial charge on any atom is -0.397 e. The quantitative estimate of drug-likeness (QED) is 0.895. The van der Waals surface area contributed by atoms with E-state index in [1.54, 1.807) is 23.7 Å². The van der Waals surface area contributed by atoms with Crippen molar-refractivity contribution in [3.8, 4) is 0 Å². The number of hydrogen-bond donors (Lipinski definition) is 2. The second-order valence-corrected chi connectivity index (χ2v) is 5.25. The van der Waals surface area contributed by atoms with Crippen molar-refractivity contribution >= 4 is 44.7 Å². The Labute approximate surface area is 111 Å². The van der Waals surface area contributed by atoms with Gasteiger partial charge < -0.3 is 11.1 Å². The zero-order valence-corrected chi connectivity index (χ0v) is 11.4. The smallest absolute Gasteiger partial charge is 0.269 e. The van der Waals surface area contributed by atoms with Crippen LogP contribution in [0.25, 0.3) is 0 Å². The van der Waals surface area contributed by atoms with E-state index in [0.29, 0.717) is 16.4 Å². The lowest BCUT2D eigenvalue weighted by atomic mass is 10.3. The summed E-state index contributed by atoms with van der Waals surface area (Å²) >= 11 is 4.66. The molecule has 2 rings (SSSR count). The average Bonchev–Trinajstić information content (AvgIpc) is 2.70. The second-order valence-electron chi connectivity index (χ2n) is 3.48. The van der Waals surface area contributed by atoms with Gasteiger partial charge in [-0.3, -0.25) is 4.79 Å². The third-order valence-electron chi connectivity index (χ3n) is 2.19. The number of halogens is 1. The van der Waals surface area contributed by atoms with Gasteiger partial charge in [0, 0.05) is 10.7 Å². The molecule has 6 heteroatoms. The molecule has 0 aromatic carbocycles. The van der Waals surface area contributed by atoms with Crippen LogP contribution in [0, 0.1) is 6.92 Å². The number of pyridine rings is 1. The van der Waals surface area contributed by atoms with Crippen molar-refractivity contribution < 1.29 is 4.79 Å². The highest BCUT2D eigenvalue weighted by Crippen LogP contribution is 2.21. The maximum Gasteiger partial charge on any atom is 0.269 e. The number of nitrogen functional groups attached to an aromatic ring is 1. The normalized spacial score (nSPS) is 10.2. The highest BCUT2D eigenvalue weighted by atomic mass is 79.9. The van der Waals surface area contributed by atoms with Gasteiger partial charge in [0.1, 0.15) is 10.7 Å². The number of nitrogens with two attached hydrogens (primary N) is 1. The fraction of sp³-hybridized carbons (Fsp3) is 0.0909. The van der Waals surface area contributed by atoms with E-state index in [-0.39, 0.29) is 5.91 Å². The van der Waals surface area contributed by atoms with Crippen molar-refractivity contribution in [3.05, 3.63) is 38.6 Å². The number of amides is 1. The topological polar surface area (TPSA) is 68.0 Å². The van der Waals surface area contributed by atoms with Crippen LogP contribution < -0.4 is 11.1 Å². The molecule has 0 aliphatic heterocycles. The molecule has 2 aromatic rings. The highest BCUT2D eigenvalue weighted by molar-refractivity contribution is 9.10. The number of hydrogen-bond acceptors (Lipinski definition) is 4. The molecule has 0 fully saturated rings. The monoisotopic (exact) mass is 311 g/mol. The van der Waals surface area contributed by atoms with Crippen LogP contribution in [0.2, 0.25) is 0 Å². The first-order valence-electron chi connectivity index (χ1n) is 4.84. The lowest BCUT2D eigenvalue weighted by Crippen LogP contribution is -2.13. The van der Waals surface area contributed by atoms with Crippen molar-refractivity contribution in [2.75, 3.05) is 11.1 Å². The van der Waals surface area contributed by atoms with Crippen LogP contribution in [0.1, 0.15) is 15.2 Å². The van der Waals surface area contributed by atoms with Gasteiger partial charge in [-0.1, -0.05) is 0 Å². The van der Waals surface area contributed by atoms with E-state index in [0.717, 1.165) is 10.0 Å². The van der Waals surface area contributed by atoms with Gasteiger partial charge in [-0.15, -0.1) is 11.3 Å². The molecular formula is C11H10BrN3OS. The Morgan fingerprint density at radius 3 is 2.94 bits per heavy atom. The predicted molar refractivity (Wildman–Crippen MR) is 73.4 cm³/mol. The first-order valence-corrected chi connectivity index (χ1v) is 6.51. The van der Waals surface area contributed by atoms with Gasteiger partial charge in [-0.25, -0.2) is 4.98 Å². The molecule has 88 valence electrons. The first kappa shape index (κ1) is 12.1. The zero-order valence-electron chi connectivity index (χ0n) is 9.03. The maximum absolute atomic E-state index is 11.9. The molecule has 0 saturated carbocycles. The van der Waals surface area contributed by atoms with Crippen LogP contribution in [0.3, 0.4) is 0 Å². The molecule has 4 nitrogen and oxygen atoms in total. The molecule has 3 N–H and O–H groups in total. The van der Waals surface area contributed by atoms with Crippen molar-refractivity contribution in [3.63, 3.8) is 0 Å². The molecular weight excluding hydrogens is 302 g/mol. The highest BCUT2D eigenvalue weighted by Gasteiger charge is 2.12. The van der Waals surface area contributed by atoms with Gasteiger partial charge in [0.25, 0.3) is 5.91 Å². The molecule has 0 atom stereocenters. The summed E-state index contributed by atoms with van der Waals surface area (Å²) in [6.07, 6.45) is 1.66. The molecule has 0 saturated heterocycles. The SMILES string of the molecule is Cc1cc(NC(=O)c2sccc2N)ncc1Br. The van der Waals surface area contributed by atoms with Crippen LogP contribution in [-0.2, 0) is 0 Å². The largest absolute Gasteiger partial charge is 0.397 e. The second kappa shape index (κ2) is 4.85. The molecule has 0 aliphatic rings. The number of carbonyl (C=O) groups excluding carboxylic acids is 1. The Morgan fingerprint density at radius 2 is 2.35 bits per heavy atom. The van der Waals surface area contributed by atoms with Crippen LogP contribution in [0.5, 0.6) is 0 Å². The van der Waals surface area contributed by atoms with Crippen LogP contribution in [-0.4, -0.2) is 10.9 Å². The van der Waals surface area contributed by atoms with Crippen LogP contribution >= 0.6 is 27.3 Å². The van der Waals surface area contributed by atoms with E-state index in [4.69, 9.17) is 5.73 Å². The van der Waals surface area contributed by atoms with Crippen LogP contribution in [0.15, 0.2) is 28.2 Å². The number of nitrogens with one attached hydrogen (secondary N) is 1. The van der Waals surface area contributed by atoms with Gasteiger partial charge in [-0.2, -0.15) is 0 Å².